The minimum Gasteiger partial charge on any atom is -0.369 e. The van der Waals surface area contributed by atoms with Gasteiger partial charge in [-0.2, -0.15) is 0 Å². The van der Waals surface area contributed by atoms with Gasteiger partial charge >= 0.3 is 0 Å². The highest BCUT2D eigenvalue weighted by Gasteiger charge is 2.32. The van der Waals surface area contributed by atoms with Gasteiger partial charge in [0.2, 0.25) is 5.91 Å². The van der Waals surface area contributed by atoms with Gasteiger partial charge < -0.3 is 10.4 Å². The van der Waals surface area contributed by atoms with E-state index in [-0.39, 0.29) is 5.91 Å². The first kappa shape index (κ1) is 15.7. The number of anilines is 1. The molecule has 0 saturated carbocycles. The Morgan fingerprint density at radius 1 is 1.27 bits per heavy atom. The Bertz CT molecular complexity index is 747. The topological polar surface area (TPSA) is 49.3 Å². The highest BCUT2D eigenvalue weighted by molar-refractivity contribution is 5.90. The van der Waals surface area contributed by atoms with E-state index in [1.807, 2.05) is 6.92 Å². The summed E-state index contributed by atoms with van der Waals surface area (Å²) in [6.07, 6.45) is 5.55. The zero-order valence-corrected chi connectivity index (χ0v) is 12.4. The Hall–Kier alpha value is -2.64. The lowest BCUT2D eigenvalue weighted by Crippen LogP contribution is -2.27. The third kappa shape index (κ3) is 3.00. The van der Waals surface area contributed by atoms with Gasteiger partial charge in [-0.1, -0.05) is 29.7 Å². The van der Waals surface area contributed by atoms with E-state index in [1.165, 1.54) is 31.2 Å². The molecule has 0 aliphatic carbocycles. The van der Waals surface area contributed by atoms with Crippen molar-refractivity contribution in [2.24, 2.45) is 0 Å². The number of nitrogens with one attached hydrogen (secondary N) is 1. The van der Waals surface area contributed by atoms with Crippen molar-refractivity contribution in [3.05, 3.63) is 65.0 Å². The summed E-state index contributed by atoms with van der Waals surface area (Å²) < 4.78 is 13.1. The van der Waals surface area contributed by atoms with E-state index >= 15 is 0 Å². The Morgan fingerprint density at radius 2 is 1.91 bits per heavy atom. The predicted octanol–water partition coefficient (Wildman–Crippen LogP) is 2.96. The van der Waals surface area contributed by atoms with Crippen LogP contribution >= 0.6 is 0 Å². The maximum atomic E-state index is 13.1. The molecule has 22 heavy (non-hydrogen) atoms. The molecule has 1 unspecified atom stereocenters. The van der Waals surface area contributed by atoms with Gasteiger partial charge in [-0.3, -0.25) is 4.79 Å². The van der Waals surface area contributed by atoms with Crippen LogP contribution in [0.3, 0.4) is 0 Å². The summed E-state index contributed by atoms with van der Waals surface area (Å²) >= 11 is 0. The molecule has 2 aromatic carbocycles. The highest BCUT2D eigenvalue weighted by Crippen LogP contribution is 2.35. The molecule has 3 nitrogen and oxygen atoms in total. The van der Waals surface area contributed by atoms with Crippen molar-refractivity contribution in [3.8, 4) is 12.3 Å². The zero-order chi connectivity index (χ0) is 16.3. The summed E-state index contributed by atoms with van der Waals surface area (Å²) in [6.45, 7) is 3.22. The van der Waals surface area contributed by atoms with E-state index in [0.29, 0.717) is 16.8 Å². The molecule has 0 bridgehead atoms. The standard InChI is InChI=1S/C18H16FNO2/c1-4-18(22,14-6-8-15(19)9-7-14)16-11-12(2)5-10-17(16)20-13(3)21/h1,5-11,22H,2-3H3,(H,20,21). The Kier molecular flexibility index (Phi) is 4.30. The summed E-state index contributed by atoms with van der Waals surface area (Å²) in [7, 11) is 0. The summed E-state index contributed by atoms with van der Waals surface area (Å²) in [6, 6.07) is 10.5. The molecular weight excluding hydrogens is 281 g/mol. The lowest BCUT2D eigenvalue weighted by atomic mass is 9.85. The van der Waals surface area contributed by atoms with Crippen molar-refractivity contribution in [1.29, 1.82) is 0 Å². The summed E-state index contributed by atoms with van der Waals surface area (Å²) in [5.74, 6) is 1.66. The number of aryl methyl sites for hydroxylation is 1. The van der Waals surface area contributed by atoms with Gasteiger partial charge in [-0.05, 0) is 31.2 Å². The Morgan fingerprint density at radius 3 is 2.45 bits per heavy atom. The number of carbonyl (C=O) groups excluding carboxylic acids is 1. The van der Waals surface area contributed by atoms with E-state index in [2.05, 4.69) is 11.2 Å². The van der Waals surface area contributed by atoms with Crippen LogP contribution in [0.4, 0.5) is 10.1 Å². The van der Waals surface area contributed by atoms with Gasteiger partial charge in [0.05, 0.1) is 0 Å². The lowest BCUT2D eigenvalue weighted by molar-refractivity contribution is -0.114. The molecular formula is C18H16FNO2. The average molecular weight is 297 g/mol. The van der Waals surface area contributed by atoms with E-state index in [4.69, 9.17) is 6.42 Å². The molecule has 1 amide bonds. The maximum Gasteiger partial charge on any atom is 0.221 e. The first-order chi connectivity index (χ1) is 10.4. The molecule has 2 aromatic rings. The minimum atomic E-state index is -1.77. The van der Waals surface area contributed by atoms with Crippen molar-refractivity contribution < 1.29 is 14.3 Å². The number of amides is 1. The first-order valence-electron chi connectivity index (χ1n) is 6.71. The lowest BCUT2D eigenvalue weighted by Gasteiger charge is -2.26. The number of halogens is 1. The molecule has 0 spiro atoms. The second kappa shape index (κ2) is 6.00. The molecule has 4 heteroatoms. The molecule has 0 radical (unpaired) electrons. The minimum absolute atomic E-state index is 0.274. The van der Waals surface area contributed by atoms with Crippen molar-refractivity contribution in [1.82, 2.24) is 0 Å². The number of hydrogen-bond acceptors (Lipinski definition) is 2. The molecule has 0 fully saturated rings. The van der Waals surface area contributed by atoms with Gasteiger partial charge in [0.25, 0.3) is 0 Å². The average Bonchev–Trinajstić information content (AvgIpc) is 2.48. The largest absolute Gasteiger partial charge is 0.369 e. The quantitative estimate of drug-likeness (QED) is 0.856. The Balaban J connectivity index is 2.64. The molecule has 0 aromatic heterocycles. The van der Waals surface area contributed by atoms with Crippen molar-refractivity contribution in [3.63, 3.8) is 0 Å². The van der Waals surface area contributed by atoms with Crippen LogP contribution in [-0.2, 0) is 10.4 Å². The molecule has 0 aliphatic heterocycles. The van der Waals surface area contributed by atoms with E-state index in [0.717, 1.165) is 5.56 Å². The van der Waals surface area contributed by atoms with Crippen LogP contribution in [0.5, 0.6) is 0 Å². The number of hydrogen-bond donors (Lipinski definition) is 2. The Labute approximate surface area is 128 Å². The van der Waals surface area contributed by atoms with Crippen LogP contribution in [0.25, 0.3) is 0 Å². The van der Waals surface area contributed by atoms with Crippen LogP contribution in [0.1, 0.15) is 23.6 Å². The first-order valence-corrected chi connectivity index (χ1v) is 6.71. The highest BCUT2D eigenvalue weighted by atomic mass is 19.1. The zero-order valence-electron chi connectivity index (χ0n) is 12.4. The molecule has 0 aliphatic rings. The molecule has 112 valence electrons. The van der Waals surface area contributed by atoms with E-state index in [9.17, 15) is 14.3 Å². The number of terminal acetylenes is 1. The molecule has 0 saturated heterocycles. The molecule has 0 heterocycles. The van der Waals surface area contributed by atoms with Crippen LogP contribution < -0.4 is 5.32 Å². The maximum absolute atomic E-state index is 13.1. The second-order valence-electron chi connectivity index (χ2n) is 5.09. The van der Waals surface area contributed by atoms with E-state index < -0.39 is 11.4 Å². The fourth-order valence-corrected chi connectivity index (χ4v) is 2.26. The van der Waals surface area contributed by atoms with Crippen molar-refractivity contribution in [2.45, 2.75) is 19.4 Å². The van der Waals surface area contributed by atoms with Crippen LogP contribution in [0, 0.1) is 25.1 Å². The van der Waals surface area contributed by atoms with Crippen molar-refractivity contribution >= 4 is 11.6 Å². The normalized spacial score (nSPS) is 13.0. The number of benzene rings is 2. The summed E-state index contributed by atoms with van der Waals surface area (Å²) in [4.78, 5) is 11.4. The molecule has 2 rings (SSSR count). The SMILES string of the molecule is C#CC(O)(c1ccc(F)cc1)c1cc(C)ccc1NC(C)=O. The smallest absolute Gasteiger partial charge is 0.221 e. The second-order valence-corrected chi connectivity index (χ2v) is 5.09. The van der Waals surface area contributed by atoms with E-state index in [1.54, 1.807) is 18.2 Å². The predicted molar refractivity (Wildman–Crippen MR) is 83.7 cm³/mol. The number of carbonyl (C=O) groups is 1. The number of aliphatic hydroxyl groups is 1. The van der Waals surface area contributed by atoms with Crippen LogP contribution in [0.2, 0.25) is 0 Å². The van der Waals surface area contributed by atoms with Crippen LogP contribution in [0.15, 0.2) is 42.5 Å². The third-order valence-electron chi connectivity index (χ3n) is 3.35. The molecule has 1 atom stereocenters. The van der Waals surface area contributed by atoms with Gasteiger partial charge in [0, 0.05) is 23.7 Å². The summed E-state index contributed by atoms with van der Waals surface area (Å²) in [5.41, 5.74) is 0.255. The van der Waals surface area contributed by atoms with Gasteiger partial charge in [0.1, 0.15) is 5.82 Å². The molecule has 2 N–H and O–H groups in total. The monoisotopic (exact) mass is 297 g/mol. The summed E-state index contributed by atoms with van der Waals surface area (Å²) in [5, 5.41) is 13.6. The van der Waals surface area contributed by atoms with Gasteiger partial charge in [-0.25, -0.2) is 4.39 Å². The number of rotatable bonds is 3. The third-order valence-corrected chi connectivity index (χ3v) is 3.35. The fourth-order valence-electron chi connectivity index (χ4n) is 2.26. The van der Waals surface area contributed by atoms with Crippen LogP contribution in [-0.4, -0.2) is 11.0 Å². The van der Waals surface area contributed by atoms with Crippen molar-refractivity contribution in [2.75, 3.05) is 5.32 Å². The van der Waals surface area contributed by atoms with Gasteiger partial charge in [-0.15, -0.1) is 6.42 Å². The fraction of sp³-hybridized carbons (Fsp3) is 0.167. The van der Waals surface area contributed by atoms with Gasteiger partial charge in [0.15, 0.2) is 5.60 Å².